The van der Waals surface area contributed by atoms with Crippen LogP contribution in [-0.4, -0.2) is 18.2 Å². The highest BCUT2D eigenvalue weighted by atomic mass is 32.1. The van der Waals surface area contributed by atoms with Crippen molar-refractivity contribution in [3.63, 3.8) is 0 Å². The summed E-state index contributed by atoms with van der Waals surface area (Å²) in [4.78, 5) is 12.1. The SMILES string of the molecule is COC(=O)C1=C(C)NC(=S)N[C@H]1c1ccc(C(C)(C)C)cc1. The number of nitrogens with one attached hydrogen (secondary N) is 2. The van der Waals surface area contributed by atoms with Crippen molar-refractivity contribution in [1.82, 2.24) is 10.6 Å². The molecule has 0 saturated carbocycles. The summed E-state index contributed by atoms with van der Waals surface area (Å²) >= 11 is 5.21. The second kappa shape index (κ2) is 6.08. The monoisotopic (exact) mass is 318 g/mol. The van der Waals surface area contributed by atoms with Gasteiger partial charge >= 0.3 is 5.97 Å². The van der Waals surface area contributed by atoms with Gasteiger partial charge in [-0.25, -0.2) is 4.79 Å². The van der Waals surface area contributed by atoms with Gasteiger partial charge < -0.3 is 15.4 Å². The molecule has 1 aromatic rings. The minimum Gasteiger partial charge on any atom is -0.466 e. The second-order valence-electron chi connectivity index (χ2n) is 6.43. The number of methoxy groups -OCH3 is 1. The average molecular weight is 318 g/mol. The minimum atomic E-state index is -0.357. The van der Waals surface area contributed by atoms with E-state index < -0.39 is 0 Å². The van der Waals surface area contributed by atoms with Gasteiger partial charge in [0.05, 0.1) is 18.7 Å². The van der Waals surface area contributed by atoms with Gasteiger partial charge in [-0.1, -0.05) is 45.0 Å². The first-order valence-electron chi connectivity index (χ1n) is 7.21. The first-order valence-corrected chi connectivity index (χ1v) is 7.62. The van der Waals surface area contributed by atoms with E-state index in [0.717, 1.165) is 11.3 Å². The molecular weight excluding hydrogens is 296 g/mol. The highest BCUT2D eigenvalue weighted by molar-refractivity contribution is 7.80. The Bertz CT molecular complexity index is 627. The zero-order chi connectivity index (χ0) is 16.5. The van der Waals surface area contributed by atoms with Crippen molar-refractivity contribution in [2.45, 2.75) is 39.2 Å². The van der Waals surface area contributed by atoms with Crippen LogP contribution >= 0.6 is 12.2 Å². The molecule has 0 aromatic heterocycles. The molecule has 2 N–H and O–H groups in total. The molecule has 4 nitrogen and oxygen atoms in total. The van der Waals surface area contributed by atoms with Crippen LogP contribution in [0.15, 0.2) is 35.5 Å². The maximum absolute atomic E-state index is 12.1. The summed E-state index contributed by atoms with van der Waals surface area (Å²) in [7, 11) is 1.38. The maximum atomic E-state index is 12.1. The summed E-state index contributed by atoms with van der Waals surface area (Å²) in [6.45, 7) is 8.34. The molecule has 5 heteroatoms. The Hall–Kier alpha value is -1.88. The van der Waals surface area contributed by atoms with Crippen molar-refractivity contribution in [1.29, 1.82) is 0 Å². The van der Waals surface area contributed by atoms with E-state index in [-0.39, 0.29) is 17.4 Å². The lowest BCUT2D eigenvalue weighted by Gasteiger charge is -2.30. The van der Waals surface area contributed by atoms with Gasteiger partial charge in [-0.05, 0) is 35.7 Å². The fourth-order valence-corrected chi connectivity index (χ4v) is 2.77. The van der Waals surface area contributed by atoms with Crippen LogP contribution in [0.2, 0.25) is 0 Å². The Kier molecular flexibility index (Phi) is 4.56. The van der Waals surface area contributed by atoms with Crippen molar-refractivity contribution in [2.24, 2.45) is 0 Å². The zero-order valence-corrected chi connectivity index (χ0v) is 14.4. The third kappa shape index (κ3) is 3.30. The van der Waals surface area contributed by atoms with Crippen molar-refractivity contribution in [2.75, 3.05) is 7.11 Å². The summed E-state index contributed by atoms with van der Waals surface area (Å²) < 4.78 is 4.90. The van der Waals surface area contributed by atoms with Gasteiger partial charge in [0, 0.05) is 5.70 Å². The van der Waals surface area contributed by atoms with Gasteiger partial charge in [0.1, 0.15) is 0 Å². The van der Waals surface area contributed by atoms with E-state index in [1.807, 2.05) is 19.1 Å². The molecule has 1 atom stereocenters. The third-order valence-corrected chi connectivity index (χ3v) is 4.00. The molecule has 0 radical (unpaired) electrons. The van der Waals surface area contributed by atoms with Crippen LogP contribution in [0.4, 0.5) is 0 Å². The number of carbonyl (C=O) groups excluding carboxylic acids is 1. The van der Waals surface area contributed by atoms with E-state index in [2.05, 4.69) is 43.5 Å². The van der Waals surface area contributed by atoms with E-state index in [9.17, 15) is 4.79 Å². The van der Waals surface area contributed by atoms with Crippen molar-refractivity contribution in [3.8, 4) is 0 Å². The summed E-state index contributed by atoms with van der Waals surface area (Å²) in [6.07, 6.45) is 0. The molecule has 118 valence electrons. The molecule has 0 saturated heterocycles. The molecule has 0 amide bonds. The van der Waals surface area contributed by atoms with E-state index in [1.165, 1.54) is 12.7 Å². The topological polar surface area (TPSA) is 50.4 Å². The normalized spacial score (nSPS) is 18.6. The van der Waals surface area contributed by atoms with Gasteiger partial charge in [-0.3, -0.25) is 0 Å². The standard InChI is InChI=1S/C17H22N2O2S/c1-10-13(15(20)21-5)14(19-16(22)18-10)11-6-8-12(9-7-11)17(2,3)4/h6-9,14H,1-5H3,(H2,18,19,22)/t14-/m0/s1. The Balaban J connectivity index is 2.42. The molecule has 0 unspecified atom stereocenters. The number of carbonyl (C=O) groups is 1. The van der Waals surface area contributed by atoms with Crippen LogP contribution in [-0.2, 0) is 14.9 Å². The van der Waals surface area contributed by atoms with Crippen LogP contribution in [0.3, 0.4) is 0 Å². The van der Waals surface area contributed by atoms with Crippen molar-refractivity contribution >= 4 is 23.3 Å². The number of thiocarbonyl (C=S) groups is 1. The predicted octanol–water partition coefficient (Wildman–Crippen LogP) is 2.95. The second-order valence-corrected chi connectivity index (χ2v) is 6.84. The molecule has 22 heavy (non-hydrogen) atoms. The highest BCUT2D eigenvalue weighted by Crippen LogP contribution is 2.29. The first kappa shape index (κ1) is 16.5. The Morgan fingerprint density at radius 1 is 1.23 bits per heavy atom. The van der Waals surface area contributed by atoms with E-state index in [1.54, 1.807) is 0 Å². The summed E-state index contributed by atoms with van der Waals surface area (Å²) in [5, 5.41) is 6.64. The number of hydrogen-bond donors (Lipinski definition) is 2. The fourth-order valence-electron chi connectivity index (χ4n) is 2.50. The number of esters is 1. The van der Waals surface area contributed by atoms with Gasteiger partial charge in [-0.15, -0.1) is 0 Å². The Morgan fingerprint density at radius 2 is 1.82 bits per heavy atom. The van der Waals surface area contributed by atoms with Gasteiger partial charge in [0.25, 0.3) is 0 Å². The summed E-state index contributed by atoms with van der Waals surface area (Å²) in [5.74, 6) is -0.357. The molecule has 1 aliphatic rings. The summed E-state index contributed by atoms with van der Waals surface area (Å²) in [5.41, 5.74) is 3.59. The van der Waals surface area contributed by atoms with Gasteiger partial charge in [0.2, 0.25) is 0 Å². The van der Waals surface area contributed by atoms with E-state index in [0.29, 0.717) is 10.7 Å². The van der Waals surface area contributed by atoms with Crippen molar-refractivity contribution < 1.29 is 9.53 Å². The van der Waals surface area contributed by atoms with Crippen LogP contribution < -0.4 is 10.6 Å². The number of hydrogen-bond acceptors (Lipinski definition) is 3. The molecule has 1 heterocycles. The number of ether oxygens (including phenoxy) is 1. The largest absolute Gasteiger partial charge is 0.466 e. The lowest BCUT2D eigenvalue weighted by molar-refractivity contribution is -0.136. The molecule has 1 aromatic carbocycles. The van der Waals surface area contributed by atoms with Crippen LogP contribution in [0.5, 0.6) is 0 Å². The van der Waals surface area contributed by atoms with Crippen LogP contribution in [0.1, 0.15) is 44.9 Å². The lowest BCUT2D eigenvalue weighted by Crippen LogP contribution is -2.45. The number of benzene rings is 1. The first-order chi connectivity index (χ1) is 10.2. The highest BCUT2D eigenvalue weighted by Gasteiger charge is 2.30. The van der Waals surface area contributed by atoms with Crippen molar-refractivity contribution in [3.05, 3.63) is 46.7 Å². The lowest BCUT2D eigenvalue weighted by atomic mass is 9.85. The predicted molar refractivity (Wildman–Crippen MR) is 91.5 cm³/mol. The molecule has 0 aliphatic carbocycles. The molecular formula is C17H22N2O2S. The number of rotatable bonds is 2. The number of allylic oxidation sites excluding steroid dienone is 1. The van der Waals surface area contributed by atoms with Crippen LogP contribution in [0, 0.1) is 0 Å². The molecule has 1 aliphatic heterocycles. The molecule has 0 bridgehead atoms. The minimum absolute atomic E-state index is 0.0896. The van der Waals surface area contributed by atoms with Crippen LogP contribution in [0.25, 0.3) is 0 Å². The van der Waals surface area contributed by atoms with E-state index >= 15 is 0 Å². The molecule has 2 rings (SSSR count). The van der Waals surface area contributed by atoms with Gasteiger partial charge in [-0.2, -0.15) is 0 Å². The smallest absolute Gasteiger partial charge is 0.337 e. The Labute approximate surface area is 136 Å². The molecule has 0 spiro atoms. The fraction of sp³-hybridized carbons (Fsp3) is 0.412. The maximum Gasteiger partial charge on any atom is 0.337 e. The summed E-state index contributed by atoms with van der Waals surface area (Å²) in [6, 6.07) is 7.94. The van der Waals surface area contributed by atoms with E-state index in [4.69, 9.17) is 17.0 Å². The van der Waals surface area contributed by atoms with Gasteiger partial charge in [0.15, 0.2) is 5.11 Å². The average Bonchev–Trinajstić information content (AvgIpc) is 2.45. The zero-order valence-electron chi connectivity index (χ0n) is 13.6. The third-order valence-electron chi connectivity index (χ3n) is 3.78. The Morgan fingerprint density at radius 3 is 2.32 bits per heavy atom. The quantitative estimate of drug-likeness (QED) is 0.648. The molecule has 0 fully saturated rings.